The van der Waals surface area contributed by atoms with Crippen LogP contribution in [0.25, 0.3) is 34.1 Å². The topological polar surface area (TPSA) is 86.7 Å². The van der Waals surface area contributed by atoms with Crippen molar-refractivity contribution in [2.75, 3.05) is 5.32 Å². The highest BCUT2D eigenvalue weighted by Gasteiger charge is 2.12. The van der Waals surface area contributed by atoms with Crippen molar-refractivity contribution in [1.82, 2.24) is 23.9 Å². The van der Waals surface area contributed by atoms with Gasteiger partial charge in [0, 0.05) is 55.6 Å². The van der Waals surface area contributed by atoms with E-state index in [1.807, 2.05) is 54.7 Å². The predicted molar refractivity (Wildman–Crippen MR) is 133 cm³/mol. The van der Waals surface area contributed by atoms with Crippen molar-refractivity contribution >= 4 is 28.7 Å². The minimum Gasteiger partial charge on any atom is -0.322 e. The Balaban J connectivity index is 1.44. The number of nitrogens with zero attached hydrogens (tertiary/aromatic N) is 5. The number of hydrogen-bond acceptors (Lipinski definition) is 4. The Morgan fingerprint density at radius 1 is 0.971 bits per heavy atom. The second-order valence-corrected chi connectivity index (χ2v) is 7.88. The van der Waals surface area contributed by atoms with Crippen LogP contribution in [-0.4, -0.2) is 29.8 Å². The fraction of sp³-hybridized carbons (Fsp3) is 0.0769. The number of hydrogen-bond donors (Lipinski definition) is 1. The first-order valence-corrected chi connectivity index (χ1v) is 10.7. The summed E-state index contributed by atoms with van der Waals surface area (Å²) in [6.07, 6.45) is 8.54. The molecule has 1 N–H and O–H groups in total. The Hall–Kier alpha value is -4.72. The number of imidazole rings is 1. The lowest BCUT2D eigenvalue weighted by molar-refractivity contribution is -0.111. The minimum atomic E-state index is -0.287. The molecular formula is C26H22N6O2. The van der Waals surface area contributed by atoms with Crippen molar-refractivity contribution in [2.24, 2.45) is 14.1 Å². The van der Waals surface area contributed by atoms with Crippen LogP contribution >= 0.6 is 0 Å². The molecule has 0 spiro atoms. The van der Waals surface area contributed by atoms with Gasteiger partial charge < -0.3 is 5.32 Å². The molecule has 5 rings (SSSR count). The first-order chi connectivity index (χ1) is 16.5. The number of nitrogens with one attached hydrogen (secondary N) is 1. The zero-order valence-electron chi connectivity index (χ0n) is 18.7. The van der Waals surface area contributed by atoms with E-state index in [-0.39, 0.29) is 11.6 Å². The maximum absolute atomic E-state index is 12.7. The number of carbonyl (C=O) groups excluding carboxylic acids is 1. The second kappa shape index (κ2) is 8.67. The number of benzene rings is 2. The molecule has 168 valence electrons. The SMILES string of the molecule is Cn1c(=O)n(C)c2cc(NC(=O)/C=C/c3cn(-c4ccccc4)nc3-c3cccnc3)ccc21. The van der Waals surface area contributed by atoms with Crippen LogP contribution in [0.5, 0.6) is 0 Å². The number of pyridine rings is 1. The third-order valence-corrected chi connectivity index (χ3v) is 5.65. The molecule has 8 heteroatoms. The van der Waals surface area contributed by atoms with Crippen molar-refractivity contribution < 1.29 is 4.79 Å². The summed E-state index contributed by atoms with van der Waals surface area (Å²) < 4.78 is 4.91. The number of carbonyl (C=O) groups is 1. The van der Waals surface area contributed by atoms with Crippen molar-refractivity contribution in [3.05, 3.63) is 101 Å². The van der Waals surface area contributed by atoms with Crippen LogP contribution in [0.2, 0.25) is 0 Å². The number of amides is 1. The average Bonchev–Trinajstić information content (AvgIpc) is 3.39. The van der Waals surface area contributed by atoms with E-state index in [1.165, 1.54) is 6.08 Å². The van der Waals surface area contributed by atoms with Gasteiger partial charge in [-0.2, -0.15) is 5.10 Å². The Morgan fingerprint density at radius 2 is 1.76 bits per heavy atom. The van der Waals surface area contributed by atoms with Crippen LogP contribution in [0.4, 0.5) is 5.69 Å². The molecule has 3 aromatic heterocycles. The summed E-state index contributed by atoms with van der Waals surface area (Å²) in [6.45, 7) is 0. The summed E-state index contributed by atoms with van der Waals surface area (Å²) in [5.74, 6) is -0.287. The van der Waals surface area contributed by atoms with Gasteiger partial charge in [-0.15, -0.1) is 0 Å². The van der Waals surface area contributed by atoms with Crippen LogP contribution < -0.4 is 11.0 Å². The number of fused-ring (bicyclic) bond motifs is 1. The van der Waals surface area contributed by atoms with Gasteiger partial charge in [0.25, 0.3) is 0 Å². The fourth-order valence-electron chi connectivity index (χ4n) is 3.88. The van der Waals surface area contributed by atoms with E-state index in [1.54, 1.807) is 58.5 Å². The fourth-order valence-corrected chi connectivity index (χ4v) is 3.88. The molecule has 0 saturated heterocycles. The molecule has 0 unspecified atom stereocenters. The molecule has 5 aromatic rings. The smallest absolute Gasteiger partial charge is 0.322 e. The average molecular weight is 451 g/mol. The lowest BCUT2D eigenvalue weighted by Crippen LogP contribution is -2.19. The van der Waals surface area contributed by atoms with Crippen molar-refractivity contribution in [3.63, 3.8) is 0 Å². The van der Waals surface area contributed by atoms with E-state index in [0.717, 1.165) is 33.5 Å². The highest BCUT2D eigenvalue weighted by atomic mass is 16.2. The standard InChI is InChI=1S/C26H22N6O2/c1-30-22-12-11-20(15-23(22)31(2)26(30)34)28-24(33)13-10-19-17-32(21-8-4-3-5-9-21)29-25(19)18-7-6-14-27-16-18/h3-17H,1-2H3,(H,28,33)/b13-10+. The third-order valence-electron chi connectivity index (χ3n) is 5.65. The van der Waals surface area contributed by atoms with Crippen LogP contribution in [0, 0.1) is 0 Å². The van der Waals surface area contributed by atoms with E-state index < -0.39 is 0 Å². The summed E-state index contributed by atoms with van der Waals surface area (Å²) in [4.78, 5) is 29.0. The van der Waals surface area contributed by atoms with Crippen molar-refractivity contribution in [2.45, 2.75) is 0 Å². The molecule has 1 amide bonds. The number of aromatic nitrogens is 5. The molecule has 0 aliphatic rings. The van der Waals surface area contributed by atoms with E-state index in [9.17, 15) is 9.59 Å². The highest BCUT2D eigenvalue weighted by molar-refractivity contribution is 6.03. The summed E-state index contributed by atoms with van der Waals surface area (Å²) in [7, 11) is 3.43. The van der Waals surface area contributed by atoms with E-state index in [4.69, 9.17) is 5.10 Å². The Bertz CT molecular complexity index is 1580. The number of aryl methyl sites for hydroxylation is 2. The molecule has 0 saturated carbocycles. The first-order valence-electron chi connectivity index (χ1n) is 10.7. The first kappa shape index (κ1) is 21.1. The zero-order valence-corrected chi connectivity index (χ0v) is 18.7. The Kier molecular flexibility index (Phi) is 5.39. The maximum Gasteiger partial charge on any atom is 0.328 e. The van der Waals surface area contributed by atoms with Gasteiger partial charge in [-0.3, -0.25) is 18.9 Å². The van der Waals surface area contributed by atoms with Gasteiger partial charge in [0.1, 0.15) is 5.69 Å². The normalized spacial score (nSPS) is 11.4. The van der Waals surface area contributed by atoms with Crippen LogP contribution in [0.3, 0.4) is 0 Å². The minimum absolute atomic E-state index is 0.114. The van der Waals surface area contributed by atoms with Gasteiger partial charge in [0.2, 0.25) is 5.91 Å². The van der Waals surface area contributed by atoms with Crippen molar-refractivity contribution in [1.29, 1.82) is 0 Å². The van der Waals surface area contributed by atoms with E-state index in [2.05, 4.69) is 10.3 Å². The van der Waals surface area contributed by atoms with Crippen LogP contribution in [-0.2, 0) is 18.9 Å². The van der Waals surface area contributed by atoms with E-state index in [0.29, 0.717) is 5.69 Å². The molecule has 34 heavy (non-hydrogen) atoms. The second-order valence-electron chi connectivity index (χ2n) is 7.88. The lowest BCUT2D eigenvalue weighted by atomic mass is 10.1. The summed E-state index contributed by atoms with van der Waals surface area (Å²) >= 11 is 0. The number of para-hydroxylation sites is 1. The molecule has 0 aliphatic carbocycles. The van der Waals surface area contributed by atoms with E-state index >= 15 is 0 Å². The molecule has 0 radical (unpaired) electrons. The van der Waals surface area contributed by atoms with Gasteiger partial charge >= 0.3 is 5.69 Å². The number of anilines is 1. The molecule has 3 heterocycles. The lowest BCUT2D eigenvalue weighted by Gasteiger charge is -2.03. The maximum atomic E-state index is 12.7. The summed E-state index contributed by atoms with van der Waals surface area (Å²) in [5.41, 5.74) is 5.32. The molecule has 8 nitrogen and oxygen atoms in total. The van der Waals surface area contributed by atoms with Gasteiger partial charge in [-0.05, 0) is 48.5 Å². The Labute approximate surface area is 195 Å². The van der Waals surface area contributed by atoms with Crippen LogP contribution in [0.15, 0.2) is 90.1 Å². The molecular weight excluding hydrogens is 428 g/mol. The van der Waals surface area contributed by atoms with Gasteiger partial charge in [0.05, 0.1) is 16.7 Å². The molecule has 0 aliphatic heterocycles. The molecule has 2 aromatic carbocycles. The highest BCUT2D eigenvalue weighted by Crippen LogP contribution is 2.24. The largest absolute Gasteiger partial charge is 0.328 e. The van der Waals surface area contributed by atoms with Gasteiger partial charge in [-0.25, -0.2) is 9.48 Å². The van der Waals surface area contributed by atoms with Gasteiger partial charge in [-0.1, -0.05) is 18.2 Å². The van der Waals surface area contributed by atoms with Crippen LogP contribution in [0.1, 0.15) is 5.56 Å². The molecule has 0 fully saturated rings. The molecule has 0 bridgehead atoms. The Morgan fingerprint density at radius 3 is 2.53 bits per heavy atom. The number of rotatable bonds is 5. The van der Waals surface area contributed by atoms with Crippen molar-refractivity contribution in [3.8, 4) is 16.9 Å². The third kappa shape index (κ3) is 3.93. The summed E-state index contributed by atoms with van der Waals surface area (Å²) in [5, 5.41) is 7.59. The molecule has 0 atom stereocenters. The quantitative estimate of drug-likeness (QED) is 0.413. The van der Waals surface area contributed by atoms with Gasteiger partial charge in [0.15, 0.2) is 0 Å². The zero-order chi connectivity index (χ0) is 23.7. The summed E-state index contributed by atoms with van der Waals surface area (Å²) in [6, 6.07) is 18.9. The predicted octanol–water partition coefficient (Wildman–Crippen LogP) is 3.78. The monoisotopic (exact) mass is 450 g/mol.